The van der Waals surface area contributed by atoms with Crippen LogP contribution in [0, 0.1) is 5.92 Å². The summed E-state index contributed by atoms with van der Waals surface area (Å²) >= 11 is 0. The van der Waals surface area contributed by atoms with Crippen LogP contribution in [0.2, 0.25) is 0 Å². The summed E-state index contributed by atoms with van der Waals surface area (Å²) in [5.41, 5.74) is 3.48. The van der Waals surface area contributed by atoms with E-state index in [0.29, 0.717) is 26.2 Å². The molecule has 32 heavy (non-hydrogen) atoms. The smallest absolute Gasteiger partial charge is 0.251 e. The minimum atomic E-state index is -2.92. The minimum Gasteiger partial charge on any atom is -0.490 e. The summed E-state index contributed by atoms with van der Waals surface area (Å²) in [6.07, 6.45) is 0. The van der Waals surface area contributed by atoms with Crippen molar-refractivity contribution in [3.63, 3.8) is 0 Å². The number of ether oxygens (including phenoxy) is 1. The first-order chi connectivity index (χ1) is 15.3. The Morgan fingerprint density at radius 2 is 1.84 bits per heavy atom. The maximum absolute atomic E-state index is 13.1. The molecule has 2 aliphatic rings. The highest BCUT2D eigenvalue weighted by Crippen LogP contribution is 2.35. The summed E-state index contributed by atoms with van der Waals surface area (Å²) in [6.45, 7) is 10.6. The Labute approximate surface area is 190 Å². The summed E-state index contributed by atoms with van der Waals surface area (Å²) in [4.78, 5) is 20.6. The Bertz CT molecular complexity index is 1110. The molecule has 0 saturated carbocycles. The fourth-order valence-corrected chi connectivity index (χ4v) is 5.87. The second kappa shape index (κ2) is 9.27. The van der Waals surface area contributed by atoms with Crippen molar-refractivity contribution in [2.24, 2.45) is 5.92 Å². The molecule has 0 aliphatic carbocycles. The van der Waals surface area contributed by atoms with Crippen molar-refractivity contribution in [3.8, 4) is 17.0 Å². The first-order valence-corrected chi connectivity index (χ1v) is 13.3. The number of nitrogens with one attached hydrogen (secondary N) is 1. The number of hydrogen-bond donors (Lipinski definition) is 1. The van der Waals surface area contributed by atoms with Gasteiger partial charge in [-0.1, -0.05) is 19.9 Å². The molecule has 1 unspecified atom stereocenters. The van der Waals surface area contributed by atoms with E-state index in [-0.39, 0.29) is 28.9 Å². The average Bonchev–Trinajstić information content (AvgIpc) is 2.77. The molecule has 1 saturated heterocycles. The Kier molecular flexibility index (Phi) is 6.62. The molecule has 0 spiro atoms. The zero-order valence-electron chi connectivity index (χ0n) is 19.1. The minimum absolute atomic E-state index is 0.0427. The van der Waals surface area contributed by atoms with Crippen molar-refractivity contribution < 1.29 is 13.2 Å². The number of likely N-dealkylation sites (N-methyl/N-ethyl adjacent to an activating group) is 1. The van der Waals surface area contributed by atoms with E-state index in [4.69, 9.17) is 4.74 Å². The second-order valence-corrected chi connectivity index (χ2v) is 11.4. The van der Waals surface area contributed by atoms with Crippen LogP contribution in [0.4, 0.5) is 5.69 Å². The van der Waals surface area contributed by atoms with E-state index in [1.807, 2.05) is 24.3 Å². The summed E-state index contributed by atoms with van der Waals surface area (Å²) < 4.78 is 29.3. The first-order valence-electron chi connectivity index (χ1n) is 11.5. The van der Waals surface area contributed by atoms with Gasteiger partial charge in [0.1, 0.15) is 12.4 Å². The molecule has 4 rings (SSSR count). The van der Waals surface area contributed by atoms with Crippen LogP contribution in [0.3, 0.4) is 0 Å². The van der Waals surface area contributed by atoms with Crippen LogP contribution in [0.25, 0.3) is 11.3 Å². The van der Waals surface area contributed by atoms with E-state index >= 15 is 0 Å². The largest absolute Gasteiger partial charge is 0.490 e. The molecule has 2 aliphatic heterocycles. The van der Waals surface area contributed by atoms with Crippen molar-refractivity contribution >= 4 is 15.5 Å². The van der Waals surface area contributed by atoms with E-state index in [2.05, 4.69) is 41.6 Å². The second-order valence-electron chi connectivity index (χ2n) is 9.07. The van der Waals surface area contributed by atoms with Gasteiger partial charge in [0, 0.05) is 48.9 Å². The molecule has 7 nitrogen and oxygen atoms in total. The van der Waals surface area contributed by atoms with Gasteiger partial charge in [-0.2, -0.15) is 0 Å². The molecule has 8 heteroatoms. The lowest BCUT2D eigenvalue weighted by Gasteiger charge is -2.32. The Morgan fingerprint density at radius 1 is 1.09 bits per heavy atom. The number of anilines is 1. The number of H-pyrrole nitrogens is 1. The third kappa shape index (κ3) is 4.86. The van der Waals surface area contributed by atoms with Crippen molar-refractivity contribution in [1.82, 2.24) is 9.88 Å². The molecule has 0 amide bonds. The maximum atomic E-state index is 13.1. The third-order valence-corrected chi connectivity index (χ3v) is 8.26. The fraction of sp³-hybridized carbons (Fsp3) is 0.542. The van der Waals surface area contributed by atoms with Crippen molar-refractivity contribution in [2.45, 2.75) is 26.7 Å². The number of benzene rings is 1. The molecule has 1 aromatic heterocycles. The quantitative estimate of drug-likeness (QED) is 0.715. The van der Waals surface area contributed by atoms with E-state index in [1.165, 1.54) is 0 Å². The van der Waals surface area contributed by atoms with Crippen LogP contribution in [0.5, 0.6) is 5.75 Å². The van der Waals surface area contributed by atoms with Crippen molar-refractivity contribution in [2.75, 3.05) is 55.7 Å². The lowest BCUT2D eigenvalue weighted by atomic mass is 9.88. The summed E-state index contributed by atoms with van der Waals surface area (Å²) in [5, 5.41) is 0. The summed E-state index contributed by atoms with van der Waals surface area (Å²) in [5.74, 6) is 1.58. The Hall–Kier alpha value is -2.32. The highest BCUT2D eigenvalue weighted by molar-refractivity contribution is 7.91. The lowest BCUT2D eigenvalue weighted by Crippen LogP contribution is -2.43. The standard InChI is InChI=1S/C24H33N3O4S/c1-4-27-9-12-31-23-8-5-18(15-22(23)27)21-7-6-19(24(28)25-21)20(17(2)3)16-26-10-13-32(29,30)14-11-26/h5-8,15,17,20H,4,9-14,16H2,1-3H3,(H,25,28). The average molecular weight is 460 g/mol. The van der Waals surface area contributed by atoms with Gasteiger partial charge in [0.15, 0.2) is 9.84 Å². The van der Waals surface area contributed by atoms with Gasteiger partial charge in [0.05, 0.1) is 23.7 Å². The highest BCUT2D eigenvalue weighted by atomic mass is 32.2. The topological polar surface area (TPSA) is 82.7 Å². The van der Waals surface area contributed by atoms with Crippen LogP contribution in [-0.4, -0.2) is 69.1 Å². The van der Waals surface area contributed by atoms with Gasteiger partial charge in [-0.15, -0.1) is 0 Å². The normalized spacial score (nSPS) is 19.4. The van der Waals surface area contributed by atoms with Crippen LogP contribution in [-0.2, 0) is 9.84 Å². The number of aromatic amines is 1. The Morgan fingerprint density at radius 3 is 2.50 bits per heavy atom. The van der Waals surface area contributed by atoms with E-state index < -0.39 is 9.84 Å². The predicted molar refractivity (Wildman–Crippen MR) is 129 cm³/mol. The van der Waals surface area contributed by atoms with Crippen LogP contribution in [0.15, 0.2) is 35.1 Å². The molecule has 1 N–H and O–H groups in total. The van der Waals surface area contributed by atoms with E-state index in [0.717, 1.165) is 41.3 Å². The van der Waals surface area contributed by atoms with Crippen LogP contribution in [0.1, 0.15) is 32.3 Å². The van der Waals surface area contributed by atoms with Crippen molar-refractivity contribution in [3.05, 3.63) is 46.2 Å². The molecular formula is C24H33N3O4S. The SMILES string of the molecule is CCN1CCOc2ccc(-c3ccc(C(CN4CCS(=O)(=O)CC4)C(C)C)c(=O)[nH]3)cc21. The van der Waals surface area contributed by atoms with Crippen molar-refractivity contribution in [1.29, 1.82) is 0 Å². The van der Waals surface area contributed by atoms with E-state index in [9.17, 15) is 13.2 Å². The highest BCUT2D eigenvalue weighted by Gasteiger charge is 2.27. The predicted octanol–water partition coefficient (Wildman–Crippen LogP) is 2.73. The molecule has 0 radical (unpaired) electrons. The molecular weight excluding hydrogens is 426 g/mol. The summed E-state index contributed by atoms with van der Waals surface area (Å²) in [6, 6.07) is 9.95. The fourth-order valence-electron chi connectivity index (χ4n) is 4.59. The number of sulfone groups is 1. The number of rotatable bonds is 6. The van der Waals surface area contributed by atoms with Gasteiger partial charge >= 0.3 is 0 Å². The number of nitrogens with zero attached hydrogens (tertiary/aromatic N) is 2. The van der Waals surface area contributed by atoms with Crippen LogP contribution >= 0.6 is 0 Å². The Balaban J connectivity index is 1.58. The number of aromatic nitrogens is 1. The first kappa shape index (κ1) is 22.9. The molecule has 0 bridgehead atoms. The monoisotopic (exact) mass is 459 g/mol. The van der Waals surface area contributed by atoms with Gasteiger partial charge < -0.3 is 19.5 Å². The third-order valence-electron chi connectivity index (χ3n) is 6.65. The maximum Gasteiger partial charge on any atom is 0.251 e. The zero-order chi connectivity index (χ0) is 22.9. The van der Waals surface area contributed by atoms with Gasteiger partial charge in [0.2, 0.25) is 0 Å². The lowest BCUT2D eigenvalue weighted by molar-refractivity contribution is 0.253. The molecule has 1 fully saturated rings. The molecule has 1 atom stereocenters. The van der Waals surface area contributed by atoms with Gasteiger partial charge in [-0.25, -0.2) is 8.42 Å². The van der Waals surface area contributed by atoms with Gasteiger partial charge in [-0.05, 0) is 37.1 Å². The van der Waals surface area contributed by atoms with Gasteiger partial charge in [-0.3, -0.25) is 4.79 Å². The number of pyridine rings is 1. The summed E-state index contributed by atoms with van der Waals surface area (Å²) in [7, 11) is -2.92. The number of fused-ring (bicyclic) bond motifs is 1. The molecule has 2 aromatic rings. The zero-order valence-corrected chi connectivity index (χ0v) is 20.0. The van der Waals surface area contributed by atoms with Crippen LogP contribution < -0.4 is 15.2 Å². The number of hydrogen-bond acceptors (Lipinski definition) is 6. The molecule has 174 valence electrons. The molecule has 1 aromatic carbocycles. The van der Waals surface area contributed by atoms with Gasteiger partial charge in [0.25, 0.3) is 5.56 Å². The van der Waals surface area contributed by atoms with E-state index in [1.54, 1.807) is 0 Å². The molecule has 3 heterocycles.